The summed E-state index contributed by atoms with van der Waals surface area (Å²) in [5, 5.41) is 11.8. The van der Waals surface area contributed by atoms with Crippen LogP contribution in [0.1, 0.15) is 12.5 Å². The van der Waals surface area contributed by atoms with Crippen LogP contribution in [0.3, 0.4) is 0 Å². The molecule has 2 aromatic rings. The van der Waals surface area contributed by atoms with Gasteiger partial charge in [-0.25, -0.2) is 9.78 Å². The van der Waals surface area contributed by atoms with Gasteiger partial charge < -0.3 is 14.8 Å². The summed E-state index contributed by atoms with van der Waals surface area (Å²) >= 11 is 5.87. The zero-order chi connectivity index (χ0) is 19.8. The topological polar surface area (TPSA) is 101 Å². The van der Waals surface area contributed by atoms with E-state index in [-0.39, 0.29) is 10.7 Å². The van der Waals surface area contributed by atoms with Crippen LogP contribution in [0.5, 0.6) is 5.75 Å². The van der Waals surface area contributed by atoms with Crippen LogP contribution in [0.2, 0.25) is 5.15 Å². The fourth-order valence-electron chi connectivity index (χ4n) is 2.03. The van der Waals surface area contributed by atoms with Crippen molar-refractivity contribution in [3.63, 3.8) is 0 Å². The lowest BCUT2D eigenvalue weighted by atomic mass is 10.1. The maximum atomic E-state index is 12.2. The molecular formula is C19H16ClN3O4. The Kier molecular flexibility index (Phi) is 6.92. The van der Waals surface area contributed by atoms with Crippen LogP contribution in [-0.4, -0.2) is 30.1 Å². The fraction of sp³-hybridized carbons (Fsp3) is 0.158. The Bertz CT molecular complexity index is 921. The average Bonchev–Trinajstić information content (AvgIpc) is 2.67. The van der Waals surface area contributed by atoms with Gasteiger partial charge in [-0.3, -0.25) is 4.79 Å². The molecular weight excluding hydrogens is 370 g/mol. The number of carbonyl (C=O) groups is 2. The van der Waals surface area contributed by atoms with Gasteiger partial charge in [0.25, 0.3) is 5.91 Å². The zero-order valence-corrected chi connectivity index (χ0v) is 15.4. The number of carbonyl (C=O) groups excluding carboxylic acids is 2. The first-order valence-corrected chi connectivity index (χ1v) is 8.20. The van der Waals surface area contributed by atoms with E-state index < -0.39 is 18.0 Å². The molecule has 138 valence electrons. The van der Waals surface area contributed by atoms with Crippen LogP contribution in [0.15, 0.2) is 48.2 Å². The highest BCUT2D eigenvalue weighted by molar-refractivity contribution is 6.32. The number of aromatic nitrogens is 1. The molecule has 1 aromatic heterocycles. The number of benzene rings is 1. The number of nitrogens with zero attached hydrogens (tertiary/aromatic N) is 2. The summed E-state index contributed by atoms with van der Waals surface area (Å²) in [6.07, 6.45) is 1.69. The van der Waals surface area contributed by atoms with Crippen LogP contribution in [0, 0.1) is 11.3 Å². The number of nitriles is 1. The SMILES string of the molecule is COc1cccc(/C=C(\C#N)C(=O)O[C@H](C)C(=O)Nc2cccnc2Cl)c1. The van der Waals surface area contributed by atoms with E-state index in [9.17, 15) is 14.9 Å². The van der Waals surface area contributed by atoms with Gasteiger partial charge in [0.1, 0.15) is 17.4 Å². The van der Waals surface area contributed by atoms with E-state index in [1.165, 1.54) is 26.3 Å². The molecule has 27 heavy (non-hydrogen) atoms. The number of methoxy groups -OCH3 is 1. The minimum atomic E-state index is -1.14. The fourth-order valence-corrected chi connectivity index (χ4v) is 2.19. The third-order valence-electron chi connectivity index (χ3n) is 3.42. The van der Waals surface area contributed by atoms with Crippen LogP contribution in [-0.2, 0) is 14.3 Å². The van der Waals surface area contributed by atoms with Crippen molar-refractivity contribution in [3.8, 4) is 11.8 Å². The third-order valence-corrected chi connectivity index (χ3v) is 3.72. The predicted molar refractivity (Wildman–Crippen MR) is 100 cm³/mol. The van der Waals surface area contributed by atoms with Gasteiger partial charge in [0.2, 0.25) is 0 Å². The Labute approximate surface area is 161 Å². The van der Waals surface area contributed by atoms with Crippen molar-refractivity contribution in [1.29, 1.82) is 5.26 Å². The summed E-state index contributed by atoms with van der Waals surface area (Å²) in [5.74, 6) is -0.937. The lowest BCUT2D eigenvalue weighted by Gasteiger charge is -2.13. The number of esters is 1. The average molecular weight is 386 g/mol. The third kappa shape index (κ3) is 5.56. The molecule has 1 heterocycles. The predicted octanol–water partition coefficient (Wildman–Crippen LogP) is 3.22. The molecule has 0 saturated carbocycles. The first-order chi connectivity index (χ1) is 12.9. The molecule has 8 heteroatoms. The van der Waals surface area contributed by atoms with Crippen LogP contribution < -0.4 is 10.1 Å². The van der Waals surface area contributed by atoms with Crippen molar-refractivity contribution in [2.75, 3.05) is 12.4 Å². The molecule has 0 fully saturated rings. The van der Waals surface area contributed by atoms with Crippen molar-refractivity contribution in [2.24, 2.45) is 0 Å². The summed E-state index contributed by atoms with van der Waals surface area (Å²) in [6.45, 7) is 1.39. The van der Waals surface area contributed by atoms with Gasteiger partial charge in [-0.1, -0.05) is 23.7 Å². The monoisotopic (exact) mass is 385 g/mol. The molecule has 0 spiro atoms. The molecule has 0 bridgehead atoms. The molecule has 0 aliphatic carbocycles. The van der Waals surface area contributed by atoms with Gasteiger partial charge in [0.05, 0.1) is 12.8 Å². The first-order valence-electron chi connectivity index (χ1n) is 7.82. The molecule has 7 nitrogen and oxygen atoms in total. The standard InChI is InChI=1S/C19H16ClN3O4/c1-12(18(24)23-16-7-4-8-22-17(16)20)27-19(25)14(11-21)9-13-5-3-6-15(10-13)26-2/h3-10,12H,1-2H3,(H,23,24)/b14-9+/t12-/m1/s1. The van der Waals surface area contributed by atoms with Crippen LogP contribution in [0.4, 0.5) is 5.69 Å². The Morgan fingerprint density at radius 1 is 1.33 bits per heavy atom. The second-order valence-corrected chi connectivity index (χ2v) is 5.68. The Morgan fingerprint density at radius 3 is 2.78 bits per heavy atom. The van der Waals surface area contributed by atoms with Crippen molar-refractivity contribution in [2.45, 2.75) is 13.0 Å². The second kappa shape index (κ2) is 9.36. The van der Waals surface area contributed by atoms with E-state index in [1.54, 1.807) is 42.5 Å². The van der Waals surface area contributed by atoms with Crippen molar-refractivity contribution in [1.82, 2.24) is 4.98 Å². The minimum Gasteiger partial charge on any atom is -0.497 e. The molecule has 0 saturated heterocycles. The van der Waals surface area contributed by atoms with Gasteiger partial charge >= 0.3 is 5.97 Å². The Morgan fingerprint density at radius 2 is 2.11 bits per heavy atom. The molecule has 1 atom stereocenters. The number of rotatable bonds is 6. The number of hydrogen-bond acceptors (Lipinski definition) is 6. The number of anilines is 1. The summed E-state index contributed by atoms with van der Waals surface area (Å²) < 4.78 is 10.2. The maximum Gasteiger partial charge on any atom is 0.349 e. The molecule has 0 aliphatic heterocycles. The van der Waals surface area contributed by atoms with Gasteiger partial charge in [-0.2, -0.15) is 5.26 Å². The first kappa shape index (κ1) is 19.9. The van der Waals surface area contributed by atoms with Crippen LogP contribution >= 0.6 is 11.6 Å². The zero-order valence-electron chi connectivity index (χ0n) is 14.6. The minimum absolute atomic E-state index is 0.111. The number of nitrogens with one attached hydrogen (secondary N) is 1. The number of ether oxygens (including phenoxy) is 2. The Hall–Kier alpha value is -3.37. The highest BCUT2D eigenvalue weighted by Gasteiger charge is 2.21. The maximum absolute atomic E-state index is 12.2. The van der Waals surface area contributed by atoms with Gasteiger partial charge in [0.15, 0.2) is 11.3 Å². The van der Waals surface area contributed by atoms with E-state index in [2.05, 4.69) is 10.3 Å². The van der Waals surface area contributed by atoms with Gasteiger partial charge in [-0.05, 0) is 42.8 Å². The smallest absolute Gasteiger partial charge is 0.349 e. The summed E-state index contributed by atoms with van der Waals surface area (Å²) in [6, 6.07) is 11.7. The molecule has 0 aliphatic rings. The van der Waals surface area contributed by atoms with Crippen LogP contribution in [0.25, 0.3) is 6.08 Å². The molecule has 0 radical (unpaired) electrons. The normalized spacial score (nSPS) is 11.9. The van der Waals surface area contributed by atoms with Crippen molar-refractivity contribution < 1.29 is 19.1 Å². The summed E-state index contributed by atoms with van der Waals surface area (Å²) in [5.41, 5.74) is 0.629. The number of pyridine rings is 1. The lowest BCUT2D eigenvalue weighted by molar-refractivity contribution is -0.148. The van der Waals surface area contributed by atoms with E-state index >= 15 is 0 Å². The molecule has 1 aromatic carbocycles. The summed E-state index contributed by atoms with van der Waals surface area (Å²) in [4.78, 5) is 28.2. The van der Waals surface area contributed by atoms with Gasteiger partial charge in [-0.15, -0.1) is 0 Å². The van der Waals surface area contributed by atoms with E-state index in [0.717, 1.165) is 0 Å². The quantitative estimate of drug-likeness (QED) is 0.354. The molecule has 1 N–H and O–H groups in total. The number of hydrogen-bond donors (Lipinski definition) is 1. The highest BCUT2D eigenvalue weighted by atomic mass is 35.5. The molecule has 2 rings (SSSR count). The lowest BCUT2D eigenvalue weighted by Crippen LogP contribution is -2.30. The number of halogens is 1. The van der Waals surface area contributed by atoms with Crippen molar-refractivity contribution in [3.05, 3.63) is 58.9 Å². The van der Waals surface area contributed by atoms with E-state index in [4.69, 9.17) is 21.1 Å². The summed E-state index contributed by atoms with van der Waals surface area (Å²) in [7, 11) is 1.51. The largest absolute Gasteiger partial charge is 0.497 e. The van der Waals surface area contributed by atoms with Gasteiger partial charge in [0, 0.05) is 6.20 Å². The molecule has 1 amide bonds. The van der Waals surface area contributed by atoms with E-state index in [0.29, 0.717) is 17.0 Å². The highest BCUT2D eigenvalue weighted by Crippen LogP contribution is 2.19. The Balaban J connectivity index is 2.07. The molecule has 0 unspecified atom stereocenters. The van der Waals surface area contributed by atoms with E-state index in [1.807, 2.05) is 0 Å². The second-order valence-electron chi connectivity index (χ2n) is 5.32. The number of amides is 1. The van der Waals surface area contributed by atoms with Crippen molar-refractivity contribution >= 4 is 35.2 Å².